The van der Waals surface area contributed by atoms with Gasteiger partial charge in [-0.2, -0.15) is 4.58 Å². The molecule has 4 aliphatic rings. The first-order valence-corrected chi connectivity index (χ1v) is 21.7. The summed E-state index contributed by atoms with van der Waals surface area (Å²) >= 11 is 7.54. The van der Waals surface area contributed by atoms with E-state index in [1.807, 2.05) is 0 Å². The number of hydrogen-bond acceptors (Lipinski definition) is 3. The number of allylic oxidation sites excluding steroid dienone is 8. The molecule has 0 N–H and O–H groups in total. The van der Waals surface area contributed by atoms with Crippen LogP contribution >= 0.6 is 11.6 Å². The third-order valence-corrected chi connectivity index (χ3v) is 14.0. The van der Waals surface area contributed by atoms with Crippen molar-refractivity contribution in [2.24, 2.45) is 11.3 Å². The van der Waals surface area contributed by atoms with Gasteiger partial charge in [0.15, 0.2) is 6.04 Å². The number of urea groups is 1. The fourth-order valence-electron chi connectivity index (χ4n) is 10.8. The minimum absolute atomic E-state index is 0.173. The fourth-order valence-corrected chi connectivity index (χ4v) is 11.2. The summed E-state index contributed by atoms with van der Waals surface area (Å²) < 4.78 is 4.90. The van der Waals surface area contributed by atoms with Crippen molar-refractivity contribution in [2.75, 3.05) is 14.1 Å². The van der Waals surface area contributed by atoms with Gasteiger partial charge in [-0.3, -0.25) is 19.4 Å². The molecule has 3 atom stereocenters. The molecule has 5 aromatic rings. The number of imide groups is 2. The van der Waals surface area contributed by atoms with Crippen LogP contribution in [0.5, 0.6) is 0 Å². The number of fused-ring (bicyclic) bond motifs is 2. The maximum atomic E-state index is 14.6. The van der Waals surface area contributed by atoms with Crippen molar-refractivity contribution in [1.82, 2.24) is 14.4 Å². The summed E-state index contributed by atoms with van der Waals surface area (Å²) in [5.74, 6) is -1.42. The Morgan fingerprint density at radius 2 is 1.49 bits per heavy atom. The summed E-state index contributed by atoms with van der Waals surface area (Å²) in [6.45, 7) is 9.01. The number of aromatic nitrogens is 1. The first-order valence-electron chi connectivity index (χ1n) is 21.3. The van der Waals surface area contributed by atoms with Gasteiger partial charge in [0.05, 0.1) is 10.9 Å². The molecule has 2 aliphatic heterocycles. The van der Waals surface area contributed by atoms with E-state index in [2.05, 4.69) is 140 Å². The number of nitrogens with zero attached hydrogens (tertiary/aromatic N) is 4. The molecule has 59 heavy (non-hydrogen) atoms. The van der Waals surface area contributed by atoms with Gasteiger partial charge >= 0.3 is 6.03 Å². The van der Waals surface area contributed by atoms with Crippen LogP contribution in [0.2, 0.25) is 0 Å². The van der Waals surface area contributed by atoms with Crippen LogP contribution in [0.1, 0.15) is 84.2 Å². The van der Waals surface area contributed by atoms with E-state index in [0.29, 0.717) is 23.9 Å². The number of benzene rings is 4. The zero-order chi connectivity index (χ0) is 41.3. The average Bonchev–Trinajstić information content (AvgIpc) is 3.75. The minimum Gasteiger partial charge on any atom is -0.338 e. The van der Waals surface area contributed by atoms with Crippen molar-refractivity contribution in [3.05, 3.63) is 130 Å². The molecule has 1 saturated heterocycles. The molecule has 9 rings (SSSR count). The third kappa shape index (κ3) is 5.90. The number of carbonyl (C=O) groups is 3. The van der Waals surface area contributed by atoms with Crippen LogP contribution in [0.3, 0.4) is 0 Å². The van der Waals surface area contributed by atoms with E-state index >= 15 is 0 Å². The standard InChI is InChI=1S/C51H52ClN4O3/c1-7-13-31(3)55-41(37-19-9-15-34-17-11-21-43(55)45(34)37)27-23-33-29-39-40(51(30-33)48(57)53(5)50(59)54(6)49(51)58)26-24-36(47(39)52)25-28-42-38-20-10-16-35-18-12-22-44(46(35)38)56(42)32(4)14-8-2/h9-12,15-23,25,27-29,31-32,40H,7-8,13-14,24,26,30H2,1-6H3/q+1. The van der Waals surface area contributed by atoms with E-state index in [1.165, 1.54) is 52.4 Å². The fraction of sp³-hybridized carbons (Fsp3) is 0.333. The lowest BCUT2D eigenvalue weighted by Gasteiger charge is -2.49. The maximum Gasteiger partial charge on any atom is 0.332 e. The van der Waals surface area contributed by atoms with Gasteiger partial charge in [-0.15, -0.1) is 0 Å². The normalized spacial score (nSPS) is 21.4. The monoisotopic (exact) mass is 803 g/mol. The zero-order valence-electron chi connectivity index (χ0n) is 34.9. The zero-order valence-corrected chi connectivity index (χ0v) is 35.6. The number of rotatable bonds is 9. The Hall–Kier alpha value is -5.53. The van der Waals surface area contributed by atoms with E-state index in [9.17, 15) is 14.4 Å². The summed E-state index contributed by atoms with van der Waals surface area (Å²) in [4.78, 5) is 44.5. The number of halogens is 1. The van der Waals surface area contributed by atoms with Crippen molar-refractivity contribution in [3.8, 4) is 0 Å². The van der Waals surface area contributed by atoms with Gasteiger partial charge in [0.2, 0.25) is 23.2 Å². The predicted octanol–water partition coefficient (Wildman–Crippen LogP) is 10.9. The summed E-state index contributed by atoms with van der Waals surface area (Å²) in [5.41, 5.74) is 5.83. The third-order valence-electron chi connectivity index (χ3n) is 13.5. The van der Waals surface area contributed by atoms with Crippen molar-refractivity contribution in [3.63, 3.8) is 0 Å². The van der Waals surface area contributed by atoms with Crippen molar-refractivity contribution in [2.45, 2.75) is 84.7 Å². The Morgan fingerprint density at radius 1 is 0.831 bits per heavy atom. The molecule has 1 spiro atoms. The van der Waals surface area contributed by atoms with Gasteiger partial charge in [0.1, 0.15) is 5.41 Å². The topological polar surface area (TPSA) is 65.6 Å². The molecule has 1 fully saturated rings. The van der Waals surface area contributed by atoms with E-state index in [-0.39, 0.29) is 12.5 Å². The highest BCUT2D eigenvalue weighted by atomic mass is 35.5. The highest BCUT2D eigenvalue weighted by Crippen LogP contribution is 2.55. The quantitative estimate of drug-likeness (QED) is 0.110. The molecule has 4 aromatic carbocycles. The second kappa shape index (κ2) is 14.9. The Kier molecular flexibility index (Phi) is 9.86. The summed E-state index contributed by atoms with van der Waals surface area (Å²) in [5, 5.41) is 7.73. The van der Waals surface area contributed by atoms with Gasteiger partial charge < -0.3 is 4.57 Å². The Labute approximate surface area is 351 Å². The maximum absolute atomic E-state index is 14.6. The lowest BCUT2D eigenvalue weighted by molar-refractivity contribution is -0.476. The Balaban J connectivity index is 1.22. The second-order valence-corrected chi connectivity index (χ2v) is 17.5. The van der Waals surface area contributed by atoms with Crippen LogP contribution in [0.4, 0.5) is 10.5 Å². The van der Waals surface area contributed by atoms with Crippen molar-refractivity contribution >= 4 is 79.4 Å². The van der Waals surface area contributed by atoms with Gasteiger partial charge in [0.25, 0.3) is 0 Å². The second-order valence-electron chi connectivity index (χ2n) is 17.1. The Morgan fingerprint density at radius 3 is 2.20 bits per heavy atom. The first kappa shape index (κ1) is 39.0. The van der Waals surface area contributed by atoms with Crippen molar-refractivity contribution in [1.29, 1.82) is 0 Å². The minimum atomic E-state index is -1.50. The molecule has 2 aliphatic carbocycles. The lowest BCUT2D eigenvalue weighted by Crippen LogP contribution is -2.66. The molecule has 8 heteroatoms. The van der Waals surface area contributed by atoms with Crippen LogP contribution < -0.4 is 5.35 Å². The molecular weight excluding hydrogens is 752 g/mol. The smallest absolute Gasteiger partial charge is 0.332 e. The van der Waals surface area contributed by atoms with Crippen LogP contribution in [0, 0.1) is 11.3 Å². The van der Waals surface area contributed by atoms with Gasteiger partial charge in [-0.1, -0.05) is 105 Å². The SMILES string of the molecule is CCCC(C)n1/c(=C/C=C2/C=C3C(Cl)=C(/C=C/C4=[N+](C(C)CCC)c5cccc6cccc4c56)CCC3C3(C2)C(=O)N(C)C(=O)N(C)C3=O)c2cccc3cccc1c32. The first-order chi connectivity index (χ1) is 28.5. The highest BCUT2D eigenvalue weighted by molar-refractivity contribution is 6.33. The number of amides is 4. The van der Waals surface area contributed by atoms with E-state index in [1.54, 1.807) is 0 Å². The molecule has 0 saturated carbocycles. The van der Waals surface area contributed by atoms with Crippen LogP contribution in [0.25, 0.3) is 38.5 Å². The molecule has 3 unspecified atom stereocenters. The van der Waals surface area contributed by atoms with E-state index in [0.717, 1.165) is 68.6 Å². The Bertz CT molecular complexity index is 2800. The number of barbiturate groups is 1. The molecule has 4 amide bonds. The lowest BCUT2D eigenvalue weighted by atomic mass is 9.59. The molecule has 1 aromatic heterocycles. The van der Waals surface area contributed by atoms with Gasteiger partial charge in [0, 0.05) is 71.3 Å². The number of hydrogen-bond donors (Lipinski definition) is 0. The van der Waals surface area contributed by atoms with Crippen molar-refractivity contribution < 1.29 is 19.0 Å². The molecule has 7 nitrogen and oxygen atoms in total. The van der Waals surface area contributed by atoms with E-state index in [4.69, 9.17) is 11.6 Å². The predicted molar refractivity (Wildman–Crippen MR) is 240 cm³/mol. The molecule has 3 heterocycles. The van der Waals surface area contributed by atoms with Gasteiger partial charge in [-0.05, 0) is 91.7 Å². The largest absolute Gasteiger partial charge is 0.338 e. The van der Waals surface area contributed by atoms with Crippen LogP contribution in [0.15, 0.2) is 119 Å². The molecule has 0 bridgehead atoms. The molecular formula is C51H52ClN4O3+. The summed E-state index contributed by atoms with van der Waals surface area (Å²) in [6.07, 6.45) is 16.2. The average molecular weight is 804 g/mol. The molecule has 0 radical (unpaired) electrons. The van der Waals surface area contributed by atoms with Gasteiger partial charge in [-0.25, -0.2) is 4.79 Å². The summed E-state index contributed by atoms with van der Waals surface area (Å²) in [7, 11) is 2.97. The van der Waals surface area contributed by atoms with Crippen LogP contribution in [-0.4, -0.2) is 62.6 Å². The van der Waals surface area contributed by atoms with Crippen LogP contribution in [-0.2, 0) is 9.59 Å². The highest BCUT2D eigenvalue weighted by Gasteiger charge is 2.62. The molecule has 300 valence electrons. The van der Waals surface area contributed by atoms with E-state index < -0.39 is 29.2 Å². The summed E-state index contributed by atoms with van der Waals surface area (Å²) in [6, 6.07) is 25.9. The number of carbonyl (C=O) groups excluding carboxylic acids is 3.